The first-order valence-electron chi connectivity index (χ1n) is 0.825. The molecule has 0 aromatic rings. The second kappa shape index (κ2) is 16.8. The number of hydrogen-bond donors (Lipinski definition) is 0. The van der Waals surface area contributed by atoms with E-state index >= 15 is 0 Å². The average Bonchev–Trinajstić information content (AvgIpc) is 1.37. The Bertz CT molecular complexity index is 25.5. The van der Waals surface area contributed by atoms with Gasteiger partial charge in [0, 0.05) is 0 Å². The van der Waals surface area contributed by atoms with E-state index in [9.17, 15) is 0 Å². The third-order valence-electron chi connectivity index (χ3n) is 0.0546. The Labute approximate surface area is 63.5 Å². The van der Waals surface area contributed by atoms with E-state index in [2.05, 4.69) is 0 Å². The quantitative estimate of drug-likeness (QED) is 0.211. The molecule has 0 heterocycles. The van der Waals surface area contributed by atoms with Gasteiger partial charge >= 0.3 is 29.6 Å². The third kappa shape index (κ3) is 20.5. The van der Waals surface area contributed by atoms with Gasteiger partial charge in [0.1, 0.15) is 0 Å². The minimum atomic E-state index is -0.0139. The second-order valence-corrected chi connectivity index (χ2v) is 0.545. The van der Waals surface area contributed by atoms with E-state index in [1.807, 2.05) is 0 Å². The molecule has 0 aromatic carbocycles. The van der Waals surface area contributed by atoms with Crippen molar-refractivity contribution < 1.29 is 39.8 Å². The van der Waals surface area contributed by atoms with Crippen LogP contribution < -0.4 is 29.6 Å². The maximum atomic E-state index is 8.92. The number of alkyl halides is 1. The van der Waals surface area contributed by atoms with Gasteiger partial charge in [-0.25, -0.2) is 6.29 Å². The standard InChI is InChI=1S/C2H2ClO.Na.H2O/c3-1-2-4;;/h1H2;;1H2/q-1;+1;/p-1. The van der Waals surface area contributed by atoms with Gasteiger partial charge in [0.2, 0.25) is 0 Å². The van der Waals surface area contributed by atoms with Gasteiger partial charge in [0.15, 0.2) is 0 Å². The van der Waals surface area contributed by atoms with Gasteiger partial charge in [-0.2, -0.15) is 11.6 Å². The van der Waals surface area contributed by atoms with Crippen LogP contribution in [0.5, 0.6) is 0 Å². The summed E-state index contributed by atoms with van der Waals surface area (Å²) in [6.45, 7) is 0. The molecule has 6 heavy (non-hydrogen) atoms. The Balaban J connectivity index is -0.0000000450. The molecular formula is C2H3ClNaO2-. The molecule has 0 rings (SSSR count). The number of carbonyl (C=O) groups excluding carboxylic acids is 1. The molecule has 0 radical (unpaired) electrons. The summed E-state index contributed by atoms with van der Waals surface area (Å²) < 4.78 is 0. The number of hydrogen-bond acceptors (Lipinski definition) is 2. The summed E-state index contributed by atoms with van der Waals surface area (Å²) >= 11 is 4.76. The van der Waals surface area contributed by atoms with Crippen molar-refractivity contribution in [1.82, 2.24) is 0 Å². The molecule has 0 aliphatic carbocycles. The summed E-state index contributed by atoms with van der Waals surface area (Å²) in [7, 11) is 0. The summed E-state index contributed by atoms with van der Waals surface area (Å²) in [6.07, 6.45) is 1.45. The van der Waals surface area contributed by atoms with E-state index in [1.54, 1.807) is 0 Å². The molecule has 4 heteroatoms. The Morgan fingerprint density at radius 2 is 1.83 bits per heavy atom. The molecule has 1 N–H and O–H groups in total. The smallest absolute Gasteiger partial charge is 0.870 e. The summed E-state index contributed by atoms with van der Waals surface area (Å²) in [6, 6.07) is 0. The first kappa shape index (κ1) is 15.8. The SMILES string of the molecule is O=[C-]CCl.[Na+].[OH-]. The van der Waals surface area contributed by atoms with Crippen LogP contribution >= 0.6 is 11.6 Å². The molecule has 0 saturated heterocycles. The zero-order chi connectivity index (χ0) is 3.41. The van der Waals surface area contributed by atoms with Crippen molar-refractivity contribution in [1.29, 1.82) is 0 Å². The molecule has 0 bridgehead atoms. The number of halogens is 1. The molecule has 0 amide bonds. The van der Waals surface area contributed by atoms with Gasteiger partial charge < -0.3 is 10.3 Å². The van der Waals surface area contributed by atoms with Gasteiger partial charge in [0.25, 0.3) is 0 Å². The summed E-state index contributed by atoms with van der Waals surface area (Å²) in [5.74, 6) is -0.0139. The van der Waals surface area contributed by atoms with E-state index in [-0.39, 0.29) is 40.9 Å². The molecule has 0 saturated carbocycles. The Kier molecular flexibility index (Phi) is 44.2. The van der Waals surface area contributed by atoms with Crippen molar-refractivity contribution in [2.75, 3.05) is 5.88 Å². The van der Waals surface area contributed by atoms with Gasteiger partial charge in [-0.1, -0.05) is 5.88 Å². The normalized spacial score (nSPS) is 4.17. The van der Waals surface area contributed by atoms with Crippen molar-refractivity contribution >= 4 is 17.9 Å². The van der Waals surface area contributed by atoms with Gasteiger partial charge in [-0.05, 0) is 0 Å². The average molecular weight is 117 g/mol. The van der Waals surface area contributed by atoms with Crippen LogP contribution in [0.1, 0.15) is 0 Å². The largest absolute Gasteiger partial charge is 1.00 e. The van der Waals surface area contributed by atoms with Crippen LogP contribution in [0.25, 0.3) is 0 Å². The van der Waals surface area contributed by atoms with Crippen molar-refractivity contribution in [2.24, 2.45) is 0 Å². The predicted octanol–water partition coefficient (Wildman–Crippen LogP) is -2.84. The molecule has 0 aliphatic rings. The maximum absolute atomic E-state index is 8.92. The van der Waals surface area contributed by atoms with E-state index in [4.69, 9.17) is 16.4 Å². The van der Waals surface area contributed by atoms with E-state index < -0.39 is 0 Å². The van der Waals surface area contributed by atoms with Crippen LogP contribution in [0.15, 0.2) is 0 Å². The van der Waals surface area contributed by atoms with Crippen LogP contribution in [0.2, 0.25) is 0 Å². The predicted molar refractivity (Wildman–Crippen MR) is 18.3 cm³/mol. The fraction of sp³-hybridized carbons (Fsp3) is 0.500. The molecule has 0 fully saturated rings. The fourth-order valence-corrected chi connectivity index (χ4v) is 0. The second-order valence-electron chi connectivity index (χ2n) is 0.278. The molecule has 0 atom stereocenters. The van der Waals surface area contributed by atoms with Crippen molar-refractivity contribution in [3.05, 3.63) is 0 Å². The molecule has 2 nitrogen and oxygen atoms in total. The first-order valence-corrected chi connectivity index (χ1v) is 1.36. The Morgan fingerprint density at radius 1 is 1.67 bits per heavy atom. The molecule has 0 aromatic heterocycles. The number of rotatable bonds is 1. The van der Waals surface area contributed by atoms with E-state index in [1.165, 1.54) is 6.29 Å². The summed E-state index contributed by atoms with van der Waals surface area (Å²) in [5, 5.41) is 0. The monoisotopic (exact) mass is 117 g/mol. The fourth-order valence-electron chi connectivity index (χ4n) is 0. The van der Waals surface area contributed by atoms with E-state index in [0.717, 1.165) is 0 Å². The minimum absolute atomic E-state index is 0. The van der Waals surface area contributed by atoms with Crippen LogP contribution in [0, 0.1) is 0 Å². The third-order valence-corrected chi connectivity index (χ3v) is 0.164. The van der Waals surface area contributed by atoms with Crippen molar-refractivity contribution in [3.63, 3.8) is 0 Å². The summed E-state index contributed by atoms with van der Waals surface area (Å²) in [4.78, 5) is 8.92. The first-order chi connectivity index (χ1) is 1.91. The van der Waals surface area contributed by atoms with Crippen LogP contribution in [0.4, 0.5) is 0 Å². The van der Waals surface area contributed by atoms with Gasteiger partial charge in [-0.3, -0.25) is 0 Å². The molecular weight excluding hydrogens is 114 g/mol. The van der Waals surface area contributed by atoms with Crippen molar-refractivity contribution in [3.8, 4) is 0 Å². The molecule has 0 spiro atoms. The summed E-state index contributed by atoms with van der Waals surface area (Å²) in [5.41, 5.74) is 0. The Hall–Kier alpha value is 0.920. The zero-order valence-corrected chi connectivity index (χ0v) is 6.20. The van der Waals surface area contributed by atoms with Crippen molar-refractivity contribution in [2.45, 2.75) is 0 Å². The topological polar surface area (TPSA) is 47.1 Å². The minimum Gasteiger partial charge on any atom is -0.870 e. The molecule has 32 valence electrons. The molecule has 0 aliphatic heterocycles. The van der Waals surface area contributed by atoms with Crippen LogP contribution in [0.3, 0.4) is 0 Å². The van der Waals surface area contributed by atoms with Gasteiger partial charge in [0.05, 0.1) is 0 Å². The van der Waals surface area contributed by atoms with Gasteiger partial charge in [-0.15, -0.1) is 0 Å². The zero-order valence-electron chi connectivity index (χ0n) is 3.44. The maximum Gasteiger partial charge on any atom is 1.00 e. The van der Waals surface area contributed by atoms with E-state index in [0.29, 0.717) is 0 Å². The van der Waals surface area contributed by atoms with Crippen LogP contribution in [-0.4, -0.2) is 17.6 Å². The molecule has 0 unspecified atom stereocenters. The van der Waals surface area contributed by atoms with Crippen LogP contribution in [-0.2, 0) is 4.79 Å². The Morgan fingerprint density at radius 3 is 1.83 bits per heavy atom.